The van der Waals surface area contributed by atoms with Crippen LogP contribution in [0.15, 0.2) is 35.7 Å². The molecule has 0 aliphatic heterocycles. The van der Waals surface area contributed by atoms with Crippen LogP contribution in [-0.4, -0.2) is 9.55 Å². The molecular formula is C15H15ClN2S. The lowest BCUT2D eigenvalue weighted by atomic mass is 10.2. The van der Waals surface area contributed by atoms with E-state index in [9.17, 15) is 0 Å². The second-order valence-corrected chi connectivity index (χ2v) is 6.38. The van der Waals surface area contributed by atoms with E-state index in [1.807, 2.05) is 6.92 Å². The van der Waals surface area contributed by atoms with Crippen molar-refractivity contribution in [3.63, 3.8) is 0 Å². The number of benzene rings is 1. The van der Waals surface area contributed by atoms with E-state index in [1.165, 1.54) is 10.4 Å². The Hall–Kier alpha value is -1.32. The van der Waals surface area contributed by atoms with Crippen LogP contribution in [0.3, 0.4) is 0 Å². The van der Waals surface area contributed by atoms with E-state index in [4.69, 9.17) is 16.6 Å². The van der Waals surface area contributed by atoms with Crippen molar-refractivity contribution in [3.8, 4) is 0 Å². The van der Waals surface area contributed by atoms with Gasteiger partial charge < -0.3 is 4.57 Å². The Morgan fingerprint density at radius 2 is 2.16 bits per heavy atom. The lowest BCUT2D eigenvalue weighted by Crippen LogP contribution is -2.04. The fraction of sp³-hybridized carbons (Fsp3) is 0.267. The van der Waals surface area contributed by atoms with Gasteiger partial charge in [-0.3, -0.25) is 0 Å². The van der Waals surface area contributed by atoms with E-state index in [2.05, 4.69) is 47.2 Å². The van der Waals surface area contributed by atoms with E-state index >= 15 is 0 Å². The van der Waals surface area contributed by atoms with Gasteiger partial charge in [0.1, 0.15) is 5.82 Å². The Morgan fingerprint density at radius 1 is 1.32 bits per heavy atom. The van der Waals surface area contributed by atoms with Crippen LogP contribution in [0, 0.1) is 6.92 Å². The van der Waals surface area contributed by atoms with Crippen molar-refractivity contribution >= 4 is 34.0 Å². The third kappa shape index (κ3) is 2.28. The second kappa shape index (κ2) is 4.99. The van der Waals surface area contributed by atoms with Crippen molar-refractivity contribution in [1.82, 2.24) is 9.55 Å². The van der Waals surface area contributed by atoms with Crippen molar-refractivity contribution in [2.24, 2.45) is 0 Å². The molecule has 2 aromatic heterocycles. The molecule has 4 heteroatoms. The summed E-state index contributed by atoms with van der Waals surface area (Å²) < 4.78 is 2.23. The van der Waals surface area contributed by atoms with E-state index in [0.717, 1.165) is 23.4 Å². The van der Waals surface area contributed by atoms with Crippen molar-refractivity contribution in [2.45, 2.75) is 25.8 Å². The molecule has 3 aromatic rings. The molecule has 1 unspecified atom stereocenters. The highest BCUT2D eigenvalue weighted by molar-refractivity contribution is 7.09. The Bertz CT molecular complexity index is 698. The van der Waals surface area contributed by atoms with Crippen LogP contribution < -0.4 is 0 Å². The van der Waals surface area contributed by atoms with Crippen molar-refractivity contribution in [1.29, 1.82) is 0 Å². The molecule has 19 heavy (non-hydrogen) atoms. The fourth-order valence-corrected chi connectivity index (χ4v) is 3.19. The zero-order valence-corrected chi connectivity index (χ0v) is 12.5. The first kappa shape index (κ1) is 12.7. The number of aromatic nitrogens is 2. The molecule has 0 saturated heterocycles. The van der Waals surface area contributed by atoms with Crippen LogP contribution in [0.4, 0.5) is 0 Å². The third-order valence-electron chi connectivity index (χ3n) is 3.26. The molecule has 1 aromatic carbocycles. The highest BCUT2D eigenvalue weighted by atomic mass is 35.5. The summed E-state index contributed by atoms with van der Waals surface area (Å²) in [6.45, 7) is 4.90. The summed E-state index contributed by atoms with van der Waals surface area (Å²) in [4.78, 5) is 6.05. The molecule has 98 valence electrons. The number of rotatable bonds is 3. The number of hydrogen-bond acceptors (Lipinski definition) is 2. The lowest BCUT2D eigenvalue weighted by molar-refractivity contribution is 0.750. The second-order valence-electron chi connectivity index (χ2n) is 4.69. The highest BCUT2D eigenvalue weighted by Gasteiger charge is 2.16. The minimum Gasteiger partial charge on any atom is -0.321 e. The summed E-state index contributed by atoms with van der Waals surface area (Å²) in [7, 11) is 0. The van der Waals surface area contributed by atoms with Gasteiger partial charge in [-0.2, -0.15) is 0 Å². The number of fused-ring (bicyclic) bond motifs is 1. The summed E-state index contributed by atoms with van der Waals surface area (Å²) >= 11 is 8.05. The van der Waals surface area contributed by atoms with Crippen LogP contribution in [0.5, 0.6) is 0 Å². The van der Waals surface area contributed by atoms with E-state index in [-0.39, 0.29) is 5.38 Å². The Balaban J connectivity index is 2.19. The average molecular weight is 291 g/mol. The van der Waals surface area contributed by atoms with Crippen LogP contribution >= 0.6 is 22.9 Å². The number of halogens is 1. The average Bonchev–Trinajstić information content (AvgIpc) is 2.99. The molecule has 2 heterocycles. The van der Waals surface area contributed by atoms with Gasteiger partial charge in [0.05, 0.1) is 23.0 Å². The minimum absolute atomic E-state index is 0.0910. The van der Waals surface area contributed by atoms with Crippen molar-refractivity contribution in [3.05, 3.63) is 52.0 Å². The standard InChI is InChI=1S/C15H15ClN2S/c1-10-5-3-7-13-14(10)17-15(11(2)16)18(13)9-12-6-4-8-19-12/h3-8,11H,9H2,1-2H3. The van der Waals surface area contributed by atoms with Gasteiger partial charge in [0.2, 0.25) is 0 Å². The number of imidazole rings is 1. The molecule has 1 atom stereocenters. The van der Waals surface area contributed by atoms with Crippen molar-refractivity contribution in [2.75, 3.05) is 0 Å². The molecule has 0 amide bonds. The normalized spacial score (nSPS) is 13.0. The van der Waals surface area contributed by atoms with Crippen LogP contribution in [0.2, 0.25) is 0 Å². The first-order chi connectivity index (χ1) is 9.16. The molecule has 0 N–H and O–H groups in total. The van der Waals surface area contributed by atoms with E-state index in [1.54, 1.807) is 11.3 Å². The maximum Gasteiger partial charge on any atom is 0.128 e. The molecule has 3 rings (SSSR count). The summed E-state index contributed by atoms with van der Waals surface area (Å²) in [5.41, 5.74) is 3.42. The Morgan fingerprint density at radius 3 is 2.84 bits per heavy atom. The molecule has 0 fully saturated rings. The maximum absolute atomic E-state index is 6.29. The molecule has 0 saturated carbocycles. The number of hydrogen-bond donors (Lipinski definition) is 0. The fourth-order valence-electron chi connectivity index (χ4n) is 2.33. The summed E-state index contributed by atoms with van der Waals surface area (Å²) in [5.74, 6) is 0.944. The lowest BCUT2D eigenvalue weighted by Gasteiger charge is -2.09. The predicted octanol–water partition coefficient (Wildman–Crippen LogP) is 4.75. The largest absolute Gasteiger partial charge is 0.321 e. The quantitative estimate of drug-likeness (QED) is 0.636. The predicted molar refractivity (Wildman–Crippen MR) is 82.2 cm³/mol. The van der Waals surface area contributed by atoms with Crippen LogP contribution in [0.25, 0.3) is 11.0 Å². The maximum atomic E-state index is 6.29. The van der Waals surface area contributed by atoms with Gasteiger partial charge in [0, 0.05) is 4.88 Å². The topological polar surface area (TPSA) is 17.8 Å². The van der Waals surface area contributed by atoms with Gasteiger partial charge in [-0.05, 0) is 36.9 Å². The molecule has 0 aliphatic rings. The van der Waals surface area contributed by atoms with Gasteiger partial charge >= 0.3 is 0 Å². The molecular weight excluding hydrogens is 276 g/mol. The third-order valence-corrected chi connectivity index (χ3v) is 4.32. The van der Waals surface area contributed by atoms with Crippen LogP contribution in [-0.2, 0) is 6.54 Å². The summed E-state index contributed by atoms with van der Waals surface area (Å²) in [6, 6.07) is 10.5. The van der Waals surface area contributed by atoms with Gasteiger partial charge in [-0.1, -0.05) is 18.2 Å². The summed E-state index contributed by atoms with van der Waals surface area (Å²) in [5, 5.41) is 2.01. The monoisotopic (exact) mass is 290 g/mol. The number of aryl methyl sites for hydroxylation is 1. The molecule has 0 aliphatic carbocycles. The zero-order chi connectivity index (χ0) is 13.4. The molecule has 0 bridgehead atoms. The van der Waals surface area contributed by atoms with Gasteiger partial charge in [-0.25, -0.2) is 4.98 Å². The first-order valence-electron chi connectivity index (χ1n) is 6.29. The van der Waals surface area contributed by atoms with E-state index < -0.39 is 0 Å². The highest BCUT2D eigenvalue weighted by Crippen LogP contribution is 2.27. The SMILES string of the molecule is Cc1cccc2c1nc(C(C)Cl)n2Cc1cccs1. The van der Waals surface area contributed by atoms with E-state index in [0.29, 0.717) is 0 Å². The smallest absolute Gasteiger partial charge is 0.128 e. The number of para-hydroxylation sites is 1. The number of alkyl halides is 1. The number of nitrogens with zero attached hydrogens (tertiary/aromatic N) is 2. The van der Waals surface area contributed by atoms with Crippen LogP contribution in [0.1, 0.15) is 28.6 Å². The van der Waals surface area contributed by atoms with Gasteiger partial charge in [-0.15, -0.1) is 22.9 Å². The van der Waals surface area contributed by atoms with Gasteiger partial charge in [0.15, 0.2) is 0 Å². The Labute approximate surface area is 121 Å². The first-order valence-corrected chi connectivity index (χ1v) is 7.60. The summed E-state index contributed by atoms with van der Waals surface area (Å²) in [6.07, 6.45) is 0. The molecule has 0 spiro atoms. The Kier molecular flexibility index (Phi) is 3.33. The van der Waals surface area contributed by atoms with Crippen molar-refractivity contribution < 1.29 is 0 Å². The molecule has 0 radical (unpaired) electrons. The number of thiophene rings is 1. The van der Waals surface area contributed by atoms with Gasteiger partial charge in [0.25, 0.3) is 0 Å². The minimum atomic E-state index is -0.0910. The zero-order valence-electron chi connectivity index (χ0n) is 10.9. The molecule has 2 nitrogen and oxygen atoms in total.